The van der Waals surface area contributed by atoms with E-state index in [0.29, 0.717) is 26.1 Å². The van der Waals surface area contributed by atoms with Crippen LogP contribution in [0, 0.1) is 0 Å². The maximum Gasteiger partial charge on any atom is 0.267 e. The number of fused-ring (bicyclic) bond motifs is 3. The highest BCUT2D eigenvalue weighted by Gasteiger charge is 2.23. The first-order valence-electron chi connectivity index (χ1n) is 7.70. The van der Waals surface area contributed by atoms with Gasteiger partial charge in [0.15, 0.2) is 5.16 Å². The summed E-state index contributed by atoms with van der Waals surface area (Å²) in [5.74, 6) is -1.47. The number of halogens is 1. The van der Waals surface area contributed by atoms with Crippen molar-refractivity contribution < 1.29 is 9.90 Å². The molecule has 0 radical (unpaired) electrons. The first-order chi connectivity index (χ1) is 12.0. The number of hydrogen-bond donors (Lipinski definition) is 0. The van der Waals surface area contributed by atoms with Gasteiger partial charge in [-0.3, -0.25) is 9.36 Å². The van der Waals surface area contributed by atoms with Crippen molar-refractivity contribution >= 4 is 50.9 Å². The first-order valence-corrected chi connectivity index (χ1v) is 9.88. The highest BCUT2D eigenvalue weighted by Crippen LogP contribution is 2.36. The van der Waals surface area contributed by atoms with Crippen molar-refractivity contribution in [2.24, 2.45) is 0 Å². The fourth-order valence-corrected chi connectivity index (χ4v) is 5.22. The number of carbonyl (C=O) groups is 1. The van der Waals surface area contributed by atoms with Crippen molar-refractivity contribution in [1.82, 2.24) is 9.55 Å². The molecule has 0 atom stereocenters. The lowest BCUT2D eigenvalue weighted by Crippen LogP contribution is -2.26. The molecule has 0 bridgehead atoms. The second-order valence-electron chi connectivity index (χ2n) is 5.71. The van der Waals surface area contributed by atoms with Gasteiger partial charge in [-0.05, 0) is 49.1 Å². The van der Waals surface area contributed by atoms with E-state index in [-0.39, 0.29) is 11.3 Å². The highest BCUT2D eigenvalue weighted by molar-refractivity contribution is 7.99. The minimum atomic E-state index is -1.20. The summed E-state index contributed by atoms with van der Waals surface area (Å²) in [7, 11) is 0. The van der Waals surface area contributed by atoms with Crippen LogP contribution in [0.2, 0.25) is 5.02 Å². The lowest BCUT2D eigenvalue weighted by molar-refractivity contribution is -0.301. The van der Waals surface area contributed by atoms with Crippen LogP contribution in [-0.2, 0) is 17.6 Å². The van der Waals surface area contributed by atoms with E-state index in [1.807, 2.05) is 0 Å². The van der Waals surface area contributed by atoms with Gasteiger partial charge in [0.1, 0.15) is 4.83 Å². The number of thioether (sulfide) groups is 1. The maximum atomic E-state index is 13.2. The Bertz CT molecular complexity index is 1040. The molecule has 0 saturated heterocycles. The predicted molar refractivity (Wildman–Crippen MR) is 98.0 cm³/mol. The number of benzene rings is 1. The average Bonchev–Trinajstić information content (AvgIpc) is 3.14. The summed E-state index contributed by atoms with van der Waals surface area (Å²) >= 11 is 8.46. The maximum absolute atomic E-state index is 13.2. The molecule has 0 N–H and O–H groups in total. The van der Waals surface area contributed by atoms with Gasteiger partial charge < -0.3 is 9.90 Å². The third kappa shape index (κ3) is 2.96. The highest BCUT2D eigenvalue weighted by atomic mass is 35.5. The Kier molecular flexibility index (Phi) is 4.31. The molecule has 0 amide bonds. The van der Waals surface area contributed by atoms with Crippen LogP contribution in [0.5, 0.6) is 0 Å². The van der Waals surface area contributed by atoms with Crippen LogP contribution in [0.1, 0.15) is 16.9 Å². The van der Waals surface area contributed by atoms with Gasteiger partial charge in [0, 0.05) is 15.7 Å². The number of rotatable bonds is 4. The standard InChI is InChI=1S/C17H13ClN2O3S2/c18-9-4-6-10(7-5-9)20-16(23)14-11-2-1-3-12(11)25-15(14)19-17(20)24-8-13(21)22/h4-7H,1-3,8H2,(H,21,22)/p-1. The second kappa shape index (κ2) is 6.48. The molecule has 3 aromatic rings. The summed E-state index contributed by atoms with van der Waals surface area (Å²) < 4.78 is 1.47. The van der Waals surface area contributed by atoms with Crippen LogP contribution in [-0.4, -0.2) is 21.3 Å². The summed E-state index contributed by atoms with van der Waals surface area (Å²) in [5, 5.41) is 12.4. The average molecular weight is 392 g/mol. The summed E-state index contributed by atoms with van der Waals surface area (Å²) in [5.41, 5.74) is 1.55. The number of carboxylic acid groups (broad SMARTS) is 1. The SMILES string of the molecule is O=C([O-])CSc1nc2sc3c(c2c(=O)n1-c1ccc(Cl)cc1)CCC3. The third-order valence-corrected chi connectivity index (χ3v) is 6.46. The zero-order chi connectivity index (χ0) is 17.6. The third-order valence-electron chi connectivity index (χ3n) is 4.11. The molecule has 5 nitrogen and oxygen atoms in total. The van der Waals surface area contributed by atoms with E-state index in [1.54, 1.807) is 24.3 Å². The lowest BCUT2D eigenvalue weighted by Gasteiger charge is -2.12. The molecule has 25 heavy (non-hydrogen) atoms. The molecular formula is C17H12ClN2O3S2-. The van der Waals surface area contributed by atoms with Crippen LogP contribution in [0.15, 0.2) is 34.2 Å². The van der Waals surface area contributed by atoms with Gasteiger partial charge in [-0.2, -0.15) is 0 Å². The van der Waals surface area contributed by atoms with Crippen LogP contribution in [0.4, 0.5) is 0 Å². The molecule has 1 aliphatic carbocycles. The van der Waals surface area contributed by atoms with Crippen LogP contribution < -0.4 is 10.7 Å². The quantitative estimate of drug-likeness (QED) is 0.504. The van der Waals surface area contributed by atoms with Crippen molar-refractivity contribution in [2.75, 3.05) is 5.75 Å². The van der Waals surface area contributed by atoms with Crippen molar-refractivity contribution in [3.05, 3.63) is 50.1 Å². The molecule has 2 heterocycles. The molecule has 0 unspecified atom stereocenters. The summed E-state index contributed by atoms with van der Waals surface area (Å²) in [4.78, 5) is 30.6. The Hall–Kier alpha value is -1.83. The molecule has 0 saturated carbocycles. The molecule has 0 spiro atoms. The summed E-state index contributed by atoms with van der Waals surface area (Å²) in [6.07, 6.45) is 2.91. The number of carboxylic acids is 1. The van der Waals surface area contributed by atoms with E-state index in [9.17, 15) is 14.7 Å². The Balaban J connectivity index is 1.97. The van der Waals surface area contributed by atoms with Crippen LogP contribution in [0.3, 0.4) is 0 Å². The molecule has 2 aromatic heterocycles. The Morgan fingerprint density at radius 1 is 1.32 bits per heavy atom. The van der Waals surface area contributed by atoms with Crippen molar-refractivity contribution in [1.29, 1.82) is 0 Å². The number of aliphatic carboxylic acids is 1. The lowest BCUT2D eigenvalue weighted by atomic mass is 10.2. The molecule has 0 aliphatic heterocycles. The van der Waals surface area contributed by atoms with Gasteiger partial charge in [0.25, 0.3) is 5.56 Å². The fourth-order valence-electron chi connectivity index (χ4n) is 3.06. The molecule has 128 valence electrons. The van der Waals surface area contributed by atoms with Gasteiger partial charge in [-0.25, -0.2) is 4.98 Å². The second-order valence-corrected chi connectivity index (χ2v) is 8.17. The van der Waals surface area contributed by atoms with Gasteiger partial charge in [0.05, 0.1) is 17.0 Å². The molecule has 0 fully saturated rings. The van der Waals surface area contributed by atoms with Crippen LogP contribution >= 0.6 is 34.7 Å². The normalized spacial score (nSPS) is 13.3. The fraction of sp³-hybridized carbons (Fsp3) is 0.235. The Morgan fingerprint density at radius 3 is 2.80 bits per heavy atom. The molecule has 8 heteroatoms. The zero-order valence-corrected chi connectivity index (χ0v) is 15.3. The molecule has 4 rings (SSSR count). The van der Waals surface area contributed by atoms with E-state index in [4.69, 9.17) is 11.6 Å². The number of aromatic nitrogens is 2. The monoisotopic (exact) mass is 391 g/mol. The number of thiophene rings is 1. The van der Waals surface area contributed by atoms with Crippen LogP contribution in [0.25, 0.3) is 15.9 Å². The van der Waals surface area contributed by atoms with E-state index in [0.717, 1.165) is 36.6 Å². The minimum Gasteiger partial charge on any atom is -0.549 e. The van der Waals surface area contributed by atoms with Gasteiger partial charge in [0.2, 0.25) is 0 Å². The van der Waals surface area contributed by atoms with Crippen molar-refractivity contribution in [3.8, 4) is 5.69 Å². The van der Waals surface area contributed by atoms with E-state index in [1.165, 1.54) is 20.8 Å². The minimum absolute atomic E-state index is 0.160. The summed E-state index contributed by atoms with van der Waals surface area (Å²) in [6, 6.07) is 6.84. The summed E-state index contributed by atoms with van der Waals surface area (Å²) in [6.45, 7) is 0. The smallest absolute Gasteiger partial charge is 0.267 e. The topological polar surface area (TPSA) is 75.0 Å². The molecule has 1 aromatic carbocycles. The zero-order valence-electron chi connectivity index (χ0n) is 13.0. The van der Waals surface area contributed by atoms with Gasteiger partial charge >= 0.3 is 0 Å². The van der Waals surface area contributed by atoms with Crippen molar-refractivity contribution in [3.63, 3.8) is 0 Å². The van der Waals surface area contributed by atoms with E-state index >= 15 is 0 Å². The van der Waals surface area contributed by atoms with Gasteiger partial charge in [-0.15, -0.1) is 11.3 Å². The molecular weight excluding hydrogens is 380 g/mol. The Morgan fingerprint density at radius 2 is 2.08 bits per heavy atom. The number of nitrogens with zero attached hydrogens (tertiary/aromatic N) is 2. The molecule has 1 aliphatic rings. The first kappa shape index (κ1) is 16.6. The largest absolute Gasteiger partial charge is 0.549 e. The van der Waals surface area contributed by atoms with E-state index in [2.05, 4.69) is 4.98 Å². The predicted octanol–water partition coefficient (Wildman–Crippen LogP) is 2.43. The van der Waals surface area contributed by atoms with Gasteiger partial charge in [-0.1, -0.05) is 23.4 Å². The number of hydrogen-bond acceptors (Lipinski definition) is 6. The van der Waals surface area contributed by atoms with E-state index < -0.39 is 5.97 Å². The number of carbonyl (C=O) groups excluding carboxylic acids is 1. The Labute approximate surface area is 156 Å². The number of aryl methyl sites for hydroxylation is 2. The van der Waals surface area contributed by atoms with Crippen molar-refractivity contribution in [2.45, 2.75) is 24.4 Å².